The highest BCUT2D eigenvalue weighted by Gasteiger charge is 2.23. The van der Waals surface area contributed by atoms with Gasteiger partial charge in [-0.15, -0.1) is 0 Å². The molecule has 1 rings (SSSR count). The van der Waals surface area contributed by atoms with Gasteiger partial charge in [-0.2, -0.15) is 0 Å². The van der Waals surface area contributed by atoms with E-state index in [4.69, 9.17) is 21.1 Å². The minimum absolute atomic E-state index is 0.155. The lowest BCUT2D eigenvalue weighted by Gasteiger charge is -2.19. The second-order valence-electron chi connectivity index (χ2n) is 6.97. The SMILES string of the molecule is CCCCOC(=O)c1cc(Cl)c(CC)cc1C(=O)OCC(C)(C)C. The Morgan fingerprint density at radius 3 is 2.17 bits per heavy atom. The lowest BCUT2D eigenvalue weighted by atomic mass is 9.98. The maximum absolute atomic E-state index is 12.5. The van der Waals surface area contributed by atoms with Crippen molar-refractivity contribution in [3.8, 4) is 0 Å². The number of carbonyl (C=O) groups excluding carboxylic acids is 2. The number of benzene rings is 1. The Morgan fingerprint density at radius 2 is 1.62 bits per heavy atom. The summed E-state index contributed by atoms with van der Waals surface area (Å²) < 4.78 is 10.6. The van der Waals surface area contributed by atoms with Crippen LogP contribution in [-0.2, 0) is 15.9 Å². The summed E-state index contributed by atoms with van der Waals surface area (Å²) in [6, 6.07) is 3.13. The molecule has 24 heavy (non-hydrogen) atoms. The Hall–Kier alpha value is -1.55. The van der Waals surface area contributed by atoms with E-state index in [2.05, 4.69) is 0 Å². The summed E-state index contributed by atoms with van der Waals surface area (Å²) in [6.07, 6.45) is 2.35. The lowest BCUT2D eigenvalue weighted by molar-refractivity contribution is 0.0352. The molecule has 0 radical (unpaired) electrons. The predicted molar refractivity (Wildman–Crippen MR) is 95.8 cm³/mol. The Morgan fingerprint density at radius 1 is 1.04 bits per heavy atom. The van der Waals surface area contributed by atoms with Crippen LogP contribution in [0.15, 0.2) is 12.1 Å². The fourth-order valence-corrected chi connectivity index (χ4v) is 2.27. The summed E-state index contributed by atoms with van der Waals surface area (Å²) in [5.74, 6) is -1.07. The normalized spacial score (nSPS) is 11.2. The number of rotatable bonds is 7. The van der Waals surface area contributed by atoms with Crippen LogP contribution in [0.3, 0.4) is 0 Å². The van der Waals surface area contributed by atoms with E-state index < -0.39 is 11.9 Å². The van der Waals surface area contributed by atoms with Gasteiger partial charge in [-0.3, -0.25) is 0 Å². The van der Waals surface area contributed by atoms with Crippen molar-refractivity contribution in [2.45, 2.75) is 53.9 Å². The van der Waals surface area contributed by atoms with Crippen molar-refractivity contribution in [1.82, 2.24) is 0 Å². The van der Waals surface area contributed by atoms with Crippen molar-refractivity contribution in [3.05, 3.63) is 33.8 Å². The first-order valence-electron chi connectivity index (χ1n) is 8.36. The Kier molecular flexibility index (Phi) is 7.74. The summed E-state index contributed by atoms with van der Waals surface area (Å²) >= 11 is 6.20. The van der Waals surface area contributed by atoms with Gasteiger partial charge in [0.15, 0.2) is 0 Å². The maximum Gasteiger partial charge on any atom is 0.339 e. The largest absolute Gasteiger partial charge is 0.462 e. The van der Waals surface area contributed by atoms with E-state index >= 15 is 0 Å². The summed E-state index contributed by atoms with van der Waals surface area (Å²) in [5.41, 5.74) is 1.01. The molecule has 1 aromatic rings. The molecule has 0 unspecified atom stereocenters. The summed E-state index contributed by atoms with van der Waals surface area (Å²) in [5, 5.41) is 0.451. The van der Waals surface area contributed by atoms with Crippen LogP contribution in [0.1, 0.15) is 73.7 Å². The average Bonchev–Trinajstić information content (AvgIpc) is 2.51. The van der Waals surface area contributed by atoms with E-state index in [-0.39, 0.29) is 23.1 Å². The second-order valence-corrected chi connectivity index (χ2v) is 7.38. The van der Waals surface area contributed by atoms with E-state index in [1.54, 1.807) is 6.07 Å². The van der Waals surface area contributed by atoms with Crippen LogP contribution in [0, 0.1) is 5.41 Å². The van der Waals surface area contributed by atoms with Gasteiger partial charge in [0.1, 0.15) is 0 Å². The average molecular weight is 355 g/mol. The van der Waals surface area contributed by atoms with Crippen molar-refractivity contribution in [1.29, 1.82) is 0 Å². The first kappa shape index (κ1) is 20.5. The summed E-state index contributed by atoms with van der Waals surface area (Å²) in [4.78, 5) is 24.8. The molecule has 134 valence electrons. The van der Waals surface area contributed by atoms with Crippen molar-refractivity contribution in [3.63, 3.8) is 0 Å². The quantitative estimate of drug-likeness (QED) is 0.507. The number of carbonyl (C=O) groups is 2. The van der Waals surface area contributed by atoms with Gasteiger partial charge in [0, 0.05) is 5.02 Å². The second kappa shape index (κ2) is 9.07. The molecule has 0 aromatic heterocycles. The number of aryl methyl sites for hydroxylation is 1. The summed E-state index contributed by atoms with van der Waals surface area (Å²) in [6.45, 7) is 10.4. The van der Waals surface area contributed by atoms with Crippen LogP contribution in [0.2, 0.25) is 5.02 Å². The number of esters is 2. The van der Waals surface area contributed by atoms with E-state index in [0.717, 1.165) is 18.4 Å². The Bertz CT molecular complexity index is 588. The molecule has 0 aliphatic carbocycles. The van der Waals surface area contributed by atoms with Crippen molar-refractivity contribution >= 4 is 23.5 Å². The fourth-order valence-electron chi connectivity index (χ4n) is 1.97. The molecule has 0 spiro atoms. The third-order valence-electron chi connectivity index (χ3n) is 3.37. The molecule has 0 saturated carbocycles. The van der Waals surface area contributed by atoms with Crippen LogP contribution in [-0.4, -0.2) is 25.2 Å². The molecule has 0 atom stereocenters. The van der Waals surface area contributed by atoms with Gasteiger partial charge in [-0.25, -0.2) is 9.59 Å². The van der Waals surface area contributed by atoms with Crippen LogP contribution >= 0.6 is 11.6 Å². The zero-order valence-corrected chi connectivity index (χ0v) is 16.0. The molecule has 0 aliphatic rings. The zero-order chi connectivity index (χ0) is 18.3. The van der Waals surface area contributed by atoms with Crippen molar-refractivity contribution < 1.29 is 19.1 Å². The van der Waals surface area contributed by atoms with Crippen LogP contribution < -0.4 is 0 Å². The standard InChI is InChI=1S/C19H27ClO4/c1-6-8-9-23-17(21)15-11-16(20)13(7-2)10-14(15)18(22)24-12-19(3,4)5/h10-11H,6-9,12H2,1-5H3. The molecule has 4 nitrogen and oxygen atoms in total. The highest BCUT2D eigenvalue weighted by atomic mass is 35.5. The third kappa shape index (κ3) is 6.16. The highest BCUT2D eigenvalue weighted by molar-refractivity contribution is 6.32. The van der Waals surface area contributed by atoms with Crippen molar-refractivity contribution in [2.75, 3.05) is 13.2 Å². The van der Waals surface area contributed by atoms with Gasteiger partial charge in [-0.1, -0.05) is 52.6 Å². The molecule has 5 heteroatoms. The zero-order valence-electron chi connectivity index (χ0n) is 15.2. The lowest BCUT2D eigenvalue weighted by Crippen LogP contribution is -2.21. The minimum atomic E-state index is -0.546. The van der Waals surface area contributed by atoms with E-state index in [9.17, 15) is 9.59 Å². The number of hydrogen-bond donors (Lipinski definition) is 0. The smallest absolute Gasteiger partial charge is 0.339 e. The van der Waals surface area contributed by atoms with Gasteiger partial charge in [0.2, 0.25) is 0 Å². The monoisotopic (exact) mass is 354 g/mol. The molecular formula is C19H27ClO4. The number of halogens is 1. The molecule has 0 amide bonds. The summed E-state index contributed by atoms with van der Waals surface area (Å²) in [7, 11) is 0. The van der Waals surface area contributed by atoms with E-state index in [0.29, 0.717) is 18.1 Å². The van der Waals surface area contributed by atoms with Gasteiger partial charge in [0.25, 0.3) is 0 Å². The molecule has 0 heterocycles. The first-order chi connectivity index (χ1) is 11.2. The Labute approximate surface area is 149 Å². The van der Waals surface area contributed by atoms with Gasteiger partial charge >= 0.3 is 11.9 Å². The molecule has 0 saturated heterocycles. The Balaban J connectivity index is 3.10. The highest BCUT2D eigenvalue weighted by Crippen LogP contribution is 2.25. The van der Waals surface area contributed by atoms with Gasteiger partial charge in [0.05, 0.1) is 24.3 Å². The van der Waals surface area contributed by atoms with Crippen molar-refractivity contribution in [2.24, 2.45) is 5.41 Å². The molecular weight excluding hydrogens is 328 g/mol. The fraction of sp³-hybridized carbons (Fsp3) is 0.579. The molecule has 0 fully saturated rings. The van der Waals surface area contributed by atoms with Crippen LogP contribution in [0.25, 0.3) is 0 Å². The molecule has 1 aromatic carbocycles. The number of unbranched alkanes of at least 4 members (excludes halogenated alkanes) is 1. The van der Waals surface area contributed by atoms with E-state index in [1.165, 1.54) is 6.07 Å². The minimum Gasteiger partial charge on any atom is -0.462 e. The topological polar surface area (TPSA) is 52.6 Å². The number of ether oxygens (including phenoxy) is 2. The van der Waals surface area contributed by atoms with Crippen LogP contribution in [0.5, 0.6) is 0 Å². The third-order valence-corrected chi connectivity index (χ3v) is 3.73. The van der Waals surface area contributed by atoms with Gasteiger partial charge in [-0.05, 0) is 36.0 Å². The van der Waals surface area contributed by atoms with E-state index in [1.807, 2.05) is 34.6 Å². The maximum atomic E-state index is 12.5. The molecule has 0 aliphatic heterocycles. The van der Waals surface area contributed by atoms with Gasteiger partial charge < -0.3 is 9.47 Å². The predicted octanol–water partition coefficient (Wildman–Crippen LogP) is 5.06. The van der Waals surface area contributed by atoms with Crippen LogP contribution in [0.4, 0.5) is 0 Å². The first-order valence-corrected chi connectivity index (χ1v) is 8.74. The molecule has 0 N–H and O–H groups in total. The number of hydrogen-bond acceptors (Lipinski definition) is 4. The molecule has 0 bridgehead atoms.